The molecule has 4 heteroatoms. The van der Waals surface area contributed by atoms with Crippen LogP contribution in [0.5, 0.6) is 5.75 Å². The molecule has 4 nitrogen and oxygen atoms in total. The molecule has 1 aromatic heterocycles. The van der Waals surface area contributed by atoms with Gasteiger partial charge in [-0.05, 0) is 43.3 Å². The number of rotatable bonds is 4. The highest BCUT2D eigenvalue weighted by molar-refractivity contribution is 5.88. The number of pyridine rings is 1. The molecule has 0 spiro atoms. The Balaban J connectivity index is 2.30. The van der Waals surface area contributed by atoms with Gasteiger partial charge in [0.1, 0.15) is 5.75 Å². The highest BCUT2D eigenvalue weighted by atomic mass is 16.5. The van der Waals surface area contributed by atoms with Crippen molar-refractivity contribution in [2.75, 3.05) is 6.61 Å². The number of benzene rings is 1. The van der Waals surface area contributed by atoms with Crippen LogP contribution < -0.4 is 4.74 Å². The van der Waals surface area contributed by atoms with Gasteiger partial charge in [0.05, 0.1) is 17.9 Å². The molecule has 0 unspecified atom stereocenters. The molecule has 92 valence electrons. The molecule has 0 saturated carbocycles. The van der Waals surface area contributed by atoms with Crippen LogP contribution in [0, 0.1) is 0 Å². The van der Waals surface area contributed by atoms with Gasteiger partial charge in [0.2, 0.25) is 0 Å². The molecule has 0 aliphatic carbocycles. The zero-order valence-electron chi connectivity index (χ0n) is 9.96. The monoisotopic (exact) mass is 243 g/mol. The number of hydrogen-bond acceptors (Lipinski definition) is 3. The molecule has 0 aliphatic heterocycles. The molecule has 18 heavy (non-hydrogen) atoms. The Morgan fingerprint density at radius 1 is 1.28 bits per heavy atom. The van der Waals surface area contributed by atoms with Crippen molar-refractivity contribution in [3.63, 3.8) is 0 Å². The van der Waals surface area contributed by atoms with Crippen LogP contribution >= 0.6 is 0 Å². The summed E-state index contributed by atoms with van der Waals surface area (Å²) in [6.45, 7) is 2.54. The van der Waals surface area contributed by atoms with Gasteiger partial charge in [-0.15, -0.1) is 0 Å². The molecule has 1 N–H and O–H groups in total. The minimum absolute atomic E-state index is 0.230. The first-order valence-corrected chi connectivity index (χ1v) is 5.63. The van der Waals surface area contributed by atoms with Crippen LogP contribution in [-0.2, 0) is 0 Å². The maximum absolute atomic E-state index is 10.9. The standard InChI is InChI=1S/C14H13NO3/c1-2-18-12-5-3-10(4-6-12)13-9-11(14(16)17)7-8-15-13/h3-9H,2H2,1H3,(H,16,17). The van der Waals surface area contributed by atoms with E-state index in [4.69, 9.17) is 9.84 Å². The maximum Gasteiger partial charge on any atom is 0.335 e. The first-order valence-electron chi connectivity index (χ1n) is 5.63. The smallest absolute Gasteiger partial charge is 0.335 e. The molecule has 0 radical (unpaired) electrons. The summed E-state index contributed by atoms with van der Waals surface area (Å²) in [5.74, 6) is -0.166. The molecule has 0 fully saturated rings. The zero-order chi connectivity index (χ0) is 13.0. The van der Waals surface area contributed by atoms with Crippen molar-refractivity contribution in [2.24, 2.45) is 0 Å². The van der Waals surface area contributed by atoms with E-state index >= 15 is 0 Å². The number of aromatic carboxylic acids is 1. The minimum atomic E-state index is -0.954. The molecule has 1 aromatic carbocycles. The van der Waals surface area contributed by atoms with E-state index in [2.05, 4.69) is 4.98 Å². The summed E-state index contributed by atoms with van der Waals surface area (Å²) in [7, 11) is 0. The molecular weight excluding hydrogens is 230 g/mol. The van der Waals surface area contributed by atoms with E-state index in [9.17, 15) is 4.79 Å². The Labute approximate surface area is 105 Å². The van der Waals surface area contributed by atoms with E-state index in [0.717, 1.165) is 11.3 Å². The van der Waals surface area contributed by atoms with Crippen LogP contribution in [0.3, 0.4) is 0 Å². The fourth-order valence-electron chi connectivity index (χ4n) is 1.61. The van der Waals surface area contributed by atoms with Gasteiger partial charge in [0.25, 0.3) is 0 Å². The number of carboxylic acid groups (broad SMARTS) is 1. The molecule has 0 saturated heterocycles. The molecule has 2 rings (SSSR count). The van der Waals surface area contributed by atoms with Gasteiger partial charge in [0, 0.05) is 11.8 Å². The van der Waals surface area contributed by atoms with Crippen molar-refractivity contribution >= 4 is 5.97 Å². The molecule has 2 aromatic rings. The molecule has 1 heterocycles. The zero-order valence-corrected chi connectivity index (χ0v) is 9.96. The van der Waals surface area contributed by atoms with Crippen LogP contribution in [0.2, 0.25) is 0 Å². The van der Waals surface area contributed by atoms with Gasteiger partial charge in [-0.1, -0.05) is 0 Å². The van der Waals surface area contributed by atoms with Gasteiger partial charge in [0.15, 0.2) is 0 Å². The summed E-state index contributed by atoms with van der Waals surface area (Å²) >= 11 is 0. The van der Waals surface area contributed by atoms with E-state index in [1.54, 1.807) is 6.07 Å². The second kappa shape index (κ2) is 5.31. The Hall–Kier alpha value is -2.36. The summed E-state index contributed by atoms with van der Waals surface area (Å²) in [5.41, 5.74) is 1.73. The van der Waals surface area contributed by atoms with Crippen molar-refractivity contribution in [1.29, 1.82) is 0 Å². The number of aromatic nitrogens is 1. The fourth-order valence-corrected chi connectivity index (χ4v) is 1.61. The average molecular weight is 243 g/mol. The predicted octanol–water partition coefficient (Wildman–Crippen LogP) is 2.85. The lowest BCUT2D eigenvalue weighted by Gasteiger charge is -2.05. The Bertz CT molecular complexity index is 549. The summed E-state index contributed by atoms with van der Waals surface area (Å²) in [5, 5.41) is 8.92. The highest BCUT2D eigenvalue weighted by Crippen LogP contribution is 2.21. The van der Waals surface area contributed by atoms with Crippen LogP contribution in [0.1, 0.15) is 17.3 Å². The maximum atomic E-state index is 10.9. The molecule has 0 aliphatic rings. The van der Waals surface area contributed by atoms with Gasteiger partial charge in [-0.2, -0.15) is 0 Å². The van der Waals surface area contributed by atoms with Crippen LogP contribution in [0.25, 0.3) is 11.3 Å². The first kappa shape index (κ1) is 12.1. The normalized spacial score (nSPS) is 10.1. The predicted molar refractivity (Wildman–Crippen MR) is 67.8 cm³/mol. The Morgan fingerprint density at radius 2 is 2.00 bits per heavy atom. The Kier molecular flexibility index (Phi) is 3.57. The largest absolute Gasteiger partial charge is 0.494 e. The highest BCUT2D eigenvalue weighted by Gasteiger charge is 2.06. The fraction of sp³-hybridized carbons (Fsp3) is 0.143. The number of carbonyl (C=O) groups is 1. The second-order valence-electron chi connectivity index (χ2n) is 3.69. The molecular formula is C14H13NO3. The summed E-state index contributed by atoms with van der Waals surface area (Å²) in [6, 6.07) is 10.4. The lowest BCUT2D eigenvalue weighted by Crippen LogP contribution is -1.97. The van der Waals surface area contributed by atoms with Gasteiger partial charge < -0.3 is 9.84 Å². The van der Waals surface area contributed by atoms with Crippen molar-refractivity contribution in [2.45, 2.75) is 6.92 Å². The lowest BCUT2D eigenvalue weighted by atomic mass is 10.1. The van der Waals surface area contributed by atoms with Gasteiger partial charge in [-0.3, -0.25) is 4.98 Å². The third kappa shape index (κ3) is 2.66. The van der Waals surface area contributed by atoms with Gasteiger partial charge >= 0.3 is 5.97 Å². The number of ether oxygens (including phenoxy) is 1. The van der Waals surface area contributed by atoms with Crippen LogP contribution in [-0.4, -0.2) is 22.7 Å². The quantitative estimate of drug-likeness (QED) is 0.897. The van der Waals surface area contributed by atoms with Gasteiger partial charge in [-0.25, -0.2) is 4.79 Å². The van der Waals surface area contributed by atoms with E-state index < -0.39 is 5.97 Å². The van der Waals surface area contributed by atoms with E-state index in [1.165, 1.54) is 12.3 Å². The van der Waals surface area contributed by atoms with Crippen molar-refractivity contribution in [1.82, 2.24) is 4.98 Å². The number of nitrogens with zero attached hydrogens (tertiary/aromatic N) is 1. The molecule has 0 atom stereocenters. The molecule has 0 amide bonds. The third-order valence-corrected chi connectivity index (χ3v) is 2.47. The lowest BCUT2D eigenvalue weighted by molar-refractivity contribution is 0.0697. The average Bonchev–Trinajstić information content (AvgIpc) is 2.40. The topological polar surface area (TPSA) is 59.4 Å². The Morgan fingerprint density at radius 3 is 2.61 bits per heavy atom. The molecule has 0 bridgehead atoms. The van der Waals surface area contributed by atoms with E-state index in [1.807, 2.05) is 31.2 Å². The minimum Gasteiger partial charge on any atom is -0.494 e. The van der Waals surface area contributed by atoms with Crippen LogP contribution in [0.4, 0.5) is 0 Å². The number of hydrogen-bond donors (Lipinski definition) is 1. The summed E-state index contributed by atoms with van der Waals surface area (Å²) in [6.07, 6.45) is 1.50. The summed E-state index contributed by atoms with van der Waals surface area (Å²) in [4.78, 5) is 15.0. The van der Waals surface area contributed by atoms with Crippen molar-refractivity contribution in [3.05, 3.63) is 48.2 Å². The van der Waals surface area contributed by atoms with Crippen LogP contribution in [0.15, 0.2) is 42.6 Å². The van der Waals surface area contributed by atoms with E-state index in [-0.39, 0.29) is 5.56 Å². The second-order valence-corrected chi connectivity index (χ2v) is 3.69. The van der Waals surface area contributed by atoms with Crippen molar-refractivity contribution < 1.29 is 14.6 Å². The van der Waals surface area contributed by atoms with E-state index in [0.29, 0.717) is 12.3 Å². The summed E-state index contributed by atoms with van der Waals surface area (Å²) < 4.78 is 5.34. The third-order valence-electron chi connectivity index (χ3n) is 2.47. The first-order chi connectivity index (χ1) is 8.70. The van der Waals surface area contributed by atoms with Crippen molar-refractivity contribution in [3.8, 4) is 17.0 Å². The number of carboxylic acids is 1. The SMILES string of the molecule is CCOc1ccc(-c2cc(C(=O)O)ccn2)cc1.